The van der Waals surface area contributed by atoms with Crippen molar-refractivity contribution in [1.29, 1.82) is 5.26 Å². The van der Waals surface area contributed by atoms with E-state index in [4.69, 9.17) is 11.6 Å². The molecule has 0 aliphatic rings. The highest BCUT2D eigenvalue weighted by molar-refractivity contribution is 7.18. The standard InChI is InChI=1S/C22H13ClFN5OS/c23-16-3-1-4-19(12-16)29-10-2-5-18(29)11-15(13-25)20(30)26-22-28-27-21(31-22)14-6-8-17(24)9-7-14/h1-12H,(H,26,28,30)/b15-11-. The van der Waals surface area contributed by atoms with Crippen molar-refractivity contribution in [2.45, 2.75) is 0 Å². The molecule has 1 N–H and O–H groups in total. The molecule has 6 nitrogen and oxygen atoms in total. The number of rotatable bonds is 5. The number of hydrogen-bond acceptors (Lipinski definition) is 5. The molecule has 1 amide bonds. The summed E-state index contributed by atoms with van der Waals surface area (Å²) in [5.41, 5.74) is 2.02. The molecular formula is C22H13ClFN5OS. The van der Waals surface area contributed by atoms with Gasteiger partial charge in [0, 0.05) is 28.2 Å². The zero-order chi connectivity index (χ0) is 21.8. The number of hydrogen-bond donors (Lipinski definition) is 1. The summed E-state index contributed by atoms with van der Waals surface area (Å²) < 4.78 is 14.9. The van der Waals surface area contributed by atoms with Crippen molar-refractivity contribution in [1.82, 2.24) is 14.8 Å². The van der Waals surface area contributed by atoms with E-state index in [0.29, 0.717) is 21.3 Å². The van der Waals surface area contributed by atoms with Crippen LogP contribution in [0.2, 0.25) is 5.02 Å². The zero-order valence-corrected chi connectivity index (χ0v) is 17.4. The molecule has 0 saturated heterocycles. The highest BCUT2D eigenvalue weighted by Gasteiger charge is 2.15. The van der Waals surface area contributed by atoms with Gasteiger partial charge < -0.3 is 4.57 Å². The van der Waals surface area contributed by atoms with Crippen molar-refractivity contribution in [2.75, 3.05) is 5.32 Å². The first-order chi connectivity index (χ1) is 15.0. The van der Waals surface area contributed by atoms with E-state index < -0.39 is 5.91 Å². The van der Waals surface area contributed by atoms with E-state index >= 15 is 0 Å². The van der Waals surface area contributed by atoms with Crippen molar-refractivity contribution in [3.63, 3.8) is 0 Å². The quantitative estimate of drug-likeness (QED) is 0.329. The van der Waals surface area contributed by atoms with Gasteiger partial charge in [0.1, 0.15) is 22.5 Å². The zero-order valence-electron chi connectivity index (χ0n) is 15.8. The largest absolute Gasteiger partial charge is 0.317 e. The van der Waals surface area contributed by atoms with Crippen molar-refractivity contribution in [3.05, 3.63) is 89.0 Å². The topological polar surface area (TPSA) is 83.6 Å². The first-order valence-corrected chi connectivity index (χ1v) is 10.2. The highest BCUT2D eigenvalue weighted by atomic mass is 35.5. The molecule has 0 unspecified atom stereocenters. The van der Waals surface area contributed by atoms with Crippen LogP contribution in [-0.2, 0) is 4.79 Å². The number of carbonyl (C=O) groups excluding carboxylic acids is 1. The minimum absolute atomic E-state index is 0.0967. The number of amides is 1. The average molecular weight is 450 g/mol. The van der Waals surface area contributed by atoms with E-state index in [-0.39, 0.29) is 16.5 Å². The minimum Gasteiger partial charge on any atom is -0.317 e. The molecule has 0 atom stereocenters. The van der Waals surface area contributed by atoms with Gasteiger partial charge in [0.05, 0.1) is 0 Å². The summed E-state index contributed by atoms with van der Waals surface area (Å²) in [6, 6.07) is 18.5. The number of nitrogens with zero attached hydrogens (tertiary/aromatic N) is 4. The molecule has 2 aromatic heterocycles. The Morgan fingerprint density at radius 2 is 1.97 bits per heavy atom. The van der Waals surface area contributed by atoms with Gasteiger partial charge in [0.2, 0.25) is 5.13 Å². The third kappa shape index (κ3) is 4.69. The van der Waals surface area contributed by atoms with Gasteiger partial charge in [-0.25, -0.2) is 4.39 Å². The van der Waals surface area contributed by atoms with Gasteiger partial charge in [0.25, 0.3) is 5.91 Å². The Hall–Kier alpha value is -3.80. The smallest absolute Gasteiger partial charge is 0.268 e. The molecule has 152 valence electrons. The average Bonchev–Trinajstić information content (AvgIpc) is 3.42. The Balaban J connectivity index is 1.55. The first-order valence-electron chi connectivity index (χ1n) is 8.99. The van der Waals surface area contributed by atoms with E-state index in [1.807, 2.05) is 29.0 Å². The Labute approximate surface area is 185 Å². The van der Waals surface area contributed by atoms with Crippen LogP contribution in [0.15, 0.2) is 72.4 Å². The van der Waals surface area contributed by atoms with Gasteiger partial charge in [-0.3, -0.25) is 10.1 Å². The van der Waals surface area contributed by atoms with Crippen LogP contribution in [0.4, 0.5) is 9.52 Å². The van der Waals surface area contributed by atoms with Crippen molar-refractivity contribution >= 4 is 40.1 Å². The van der Waals surface area contributed by atoms with E-state index in [1.165, 1.54) is 18.2 Å². The van der Waals surface area contributed by atoms with Crippen LogP contribution in [0.5, 0.6) is 0 Å². The normalized spacial score (nSPS) is 11.2. The third-order valence-corrected chi connectivity index (χ3v) is 5.38. The SMILES string of the molecule is N#C/C(=C/c1cccn1-c1cccc(Cl)c1)C(=O)Nc1nnc(-c2ccc(F)cc2)s1. The maximum Gasteiger partial charge on any atom is 0.268 e. The predicted octanol–water partition coefficient (Wildman–Crippen LogP) is 5.33. The van der Waals surface area contributed by atoms with Gasteiger partial charge in [0.15, 0.2) is 0 Å². The molecule has 31 heavy (non-hydrogen) atoms. The molecule has 2 aromatic carbocycles. The Morgan fingerprint density at radius 1 is 1.16 bits per heavy atom. The second kappa shape index (κ2) is 8.92. The lowest BCUT2D eigenvalue weighted by atomic mass is 10.2. The second-order valence-corrected chi connectivity index (χ2v) is 7.74. The van der Waals surface area contributed by atoms with E-state index in [1.54, 1.807) is 36.4 Å². The maximum atomic E-state index is 13.1. The van der Waals surface area contributed by atoms with E-state index in [9.17, 15) is 14.4 Å². The summed E-state index contributed by atoms with van der Waals surface area (Å²) in [5, 5.41) is 21.4. The molecule has 0 radical (unpaired) electrons. The predicted molar refractivity (Wildman–Crippen MR) is 118 cm³/mol. The van der Waals surface area contributed by atoms with Crippen LogP contribution < -0.4 is 5.32 Å². The molecule has 0 fully saturated rings. The number of benzene rings is 2. The molecule has 9 heteroatoms. The number of nitriles is 1. The van der Waals surface area contributed by atoms with Crippen molar-refractivity contribution < 1.29 is 9.18 Å². The molecule has 0 bridgehead atoms. The number of nitrogens with one attached hydrogen (secondary N) is 1. The molecule has 4 rings (SSSR count). The van der Waals surface area contributed by atoms with Crippen molar-refractivity contribution in [3.8, 4) is 22.3 Å². The molecule has 2 heterocycles. The molecular weight excluding hydrogens is 437 g/mol. The summed E-state index contributed by atoms with van der Waals surface area (Å²) in [5.74, 6) is -0.962. The first kappa shape index (κ1) is 20.5. The maximum absolute atomic E-state index is 13.1. The van der Waals surface area contributed by atoms with Gasteiger partial charge in [-0.1, -0.05) is 29.0 Å². The lowest BCUT2D eigenvalue weighted by molar-refractivity contribution is -0.112. The van der Waals surface area contributed by atoms with Crippen LogP contribution >= 0.6 is 22.9 Å². The lowest BCUT2D eigenvalue weighted by Crippen LogP contribution is -2.13. The fourth-order valence-electron chi connectivity index (χ4n) is 2.82. The van der Waals surface area contributed by atoms with Crippen LogP contribution in [0.25, 0.3) is 22.3 Å². The molecule has 4 aromatic rings. The van der Waals surface area contributed by atoms with Crippen LogP contribution in [0.1, 0.15) is 5.69 Å². The minimum atomic E-state index is -0.608. The number of carbonyl (C=O) groups is 1. The number of anilines is 1. The summed E-state index contributed by atoms with van der Waals surface area (Å²) in [6.45, 7) is 0. The second-order valence-electron chi connectivity index (χ2n) is 6.33. The van der Waals surface area contributed by atoms with Crippen LogP contribution in [0, 0.1) is 17.1 Å². The molecule has 0 saturated carbocycles. The van der Waals surface area contributed by atoms with Crippen molar-refractivity contribution in [2.24, 2.45) is 0 Å². The third-order valence-electron chi connectivity index (χ3n) is 4.26. The summed E-state index contributed by atoms with van der Waals surface area (Å²) in [7, 11) is 0. The summed E-state index contributed by atoms with van der Waals surface area (Å²) >= 11 is 7.19. The van der Waals surface area contributed by atoms with Crippen LogP contribution in [-0.4, -0.2) is 20.7 Å². The fourth-order valence-corrected chi connectivity index (χ4v) is 3.75. The Bertz CT molecular complexity index is 1320. The molecule has 0 aliphatic carbocycles. The van der Waals surface area contributed by atoms with Gasteiger partial charge >= 0.3 is 0 Å². The summed E-state index contributed by atoms with van der Waals surface area (Å²) in [6.07, 6.45) is 3.29. The fraction of sp³-hybridized carbons (Fsp3) is 0. The number of halogens is 2. The van der Waals surface area contributed by atoms with Gasteiger partial charge in [-0.15, -0.1) is 10.2 Å². The van der Waals surface area contributed by atoms with Gasteiger partial charge in [-0.05, 0) is 60.7 Å². The molecule has 0 spiro atoms. The number of aromatic nitrogens is 3. The lowest BCUT2D eigenvalue weighted by Gasteiger charge is -2.07. The Morgan fingerprint density at radius 3 is 2.71 bits per heavy atom. The highest BCUT2D eigenvalue weighted by Crippen LogP contribution is 2.27. The van der Waals surface area contributed by atoms with Gasteiger partial charge in [-0.2, -0.15) is 5.26 Å². The molecule has 0 aliphatic heterocycles. The summed E-state index contributed by atoms with van der Waals surface area (Å²) in [4.78, 5) is 12.6. The van der Waals surface area contributed by atoms with E-state index in [0.717, 1.165) is 17.0 Å². The monoisotopic (exact) mass is 449 g/mol. The van der Waals surface area contributed by atoms with Crippen LogP contribution in [0.3, 0.4) is 0 Å². The van der Waals surface area contributed by atoms with E-state index in [2.05, 4.69) is 15.5 Å². The Kier molecular flexibility index (Phi) is 5.89.